The second kappa shape index (κ2) is 7.67. The summed E-state index contributed by atoms with van der Waals surface area (Å²) in [5.41, 5.74) is 0.235. The number of likely N-dealkylation sites (N-methyl/N-ethyl adjacent to an activating group) is 1. The monoisotopic (exact) mass is 386 g/mol. The van der Waals surface area contributed by atoms with Crippen molar-refractivity contribution >= 4 is 5.91 Å². The van der Waals surface area contributed by atoms with Gasteiger partial charge in [0.05, 0.1) is 5.60 Å². The zero-order chi connectivity index (χ0) is 19.7. The molecule has 1 aromatic rings. The summed E-state index contributed by atoms with van der Waals surface area (Å²) in [6.45, 7) is 4.60. The van der Waals surface area contributed by atoms with Gasteiger partial charge in [-0.25, -0.2) is 0 Å². The van der Waals surface area contributed by atoms with Gasteiger partial charge in [-0.15, -0.1) is 13.2 Å². The lowest BCUT2D eigenvalue weighted by atomic mass is 9.88. The van der Waals surface area contributed by atoms with Gasteiger partial charge in [-0.05, 0) is 37.8 Å². The number of morpholine rings is 1. The van der Waals surface area contributed by atoms with Crippen LogP contribution in [0.1, 0.15) is 25.3 Å². The molecule has 2 saturated heterocycles. The van der Waals surface area contributed by atoms with Gasteiger partial charge in [0.15, 0.2) is 0 Å². The average Bonchev–Trinajstić information content (AvgIpc) is 2.59. The van der Waals surface area contributed by atoms with E-state index in [9.17, 15) is 18.0 Å². The number of alkyl halides is 3. The number of ether oxygens (including phenoxy) is 2. The van der Waals surface area contributed by atoms with Crippen LogP contribution in [0.4, 0.5) is 13.2 Å². The van der Waals surface area contributed by atoms with E-state index in [1.807, 2.05) is 0 Å². The van der Waals surface area contributed by atoms with Gasteiger partial charge in [-0.3, -0.25) is 4.79 Å². The molecule has 150 valence electrons. The van der Waals surface area contributed by atoms with Crippen LogP contribution in [0.5, 0.6) is 5.75 Å². The summed E-state index contributed by atoms with van der Waals surface area (Å²) in [6, 6.07) is 6.26. The van der Waals surface area contributed by atoms with Crippen LogP contribution in [0.15, 0.2) is 24.3 Å². The van der Waals surface area contributed by atoms with Crippen molar-refractivity contribution in [1.82, 2.24) is 9.80 Å². The maximum atomic E-state index is 12.5. The van der Waals surface area contributed by atoms with Crippen LogP contribution in [0.2, 0.25) is 0 Å². The zero-order valence-corrected chi connectivity index (χ0v) is 15.6. The molecule has 0 aromatic heterocycles. The molecule has 2 heterocycles. The number of benzene rings is 1. The summed E-state index contributed by atoms with van der Waals surface area (Å²) in [5, 5.41) is 0. The third-order valence-corrected chi connectivity index (χ3v) is 5.34. The Hall–Kier alpha value is -1.80. The van der Waals surface area contributed by atoms with E-state index >= 15 is 0 Å². The molecule has 0 unspecified atom stereocenters. The van der Waals surface area contributed by atoms with E-state index in [1.54, 1.807) is 31.0 Å². The number of likely N-dealkylation sites (tertiary alicyclic amines) is 1. The lowest BCUT2D eigenvalue weighted by Gasteiger charge is -2.48. The van der Waals surface area contributed by atoms with Gasteiger partial charge in [0.2, 0.25) is 0 Å². The van der Waals surface area contributed by atoms with Gasteiger partial charge < -0.3 is 19.3 Å². The fourth-order valence-electron chi connectivity index (χ4n) is 3.96. The van der Waals surface area contributed by atoms with Crippen molar-refractivity contribution in [2.24, 2.45) is 0 Å². The number of piperidine rings is 1. The normalized spacial score (nSPS) is 23.7. The minimum Gasteiger partial charge on any atom is -0.406 e. The fraction of sp³-hybridized carbons (Fsp3) is 0.632. The van der Waals surface area contributed by atoms with Crippen molar-refractivity contribution in [2.75, 3.05) is 33.2 Å². The molecule has 1 amide bonds. The molecule has 0 N–H and O–H groups in total. The average molecular weight is 386 g/mol. The minimum absolute atomic E-state index is 0.00401. The van der Waals surface area contributed by atoms with Gasteiger partial charge in [-0.1, -0.05) is 18.2 Å². The van der Waals surface area contributed by atoms with Crippen molar-refractivity contribution < 1.29 is 27.4 Å². The van der Waals surface area contributed by atoms with Gasteiger partial charge in [0.25, 0.3) is 5.91 Å². The molecule has 0 radical (unpaired) electrons. The Morgan fingerprint density at radius 3 is 2.56 bits per heavy atom. The van der Waals surface area contributed by atoms with Gasteiger partial charge in [0, 0.05) is 33.2 Å². The van der Waals surface area contributed by atoms with Crippen LogP contribution in [-0.4, -0.2) is 67.0 Å². The molecule has 1 spiro atoms. The van der Waals surface area contributed by atoms with Gasteiger partial charge in [0.1, 0.15) is 11.9 Å². The quantitative estimate of drug-likeness (QED) is 0.798. The molecule has 8 heteroatoms. The molecule has 1 atom stereocenters. The molecule has 1 aromatic carbocycles. The lowest BCUT2D eigenvalue weighted by Crippen LogP contribution is -2.60. The molecule has 0 aliphatic carbocycles. The van der Waals surface area contributed by atoms with Crippen LogP contribution >= 0.6 is 0 Å². The first-order valence-electron chi connectivity index (χ1n) is 9.16. The summed E-state index contributed by atoms with van der Waals surface area (Å²) in [5.74, 6) is -0.132. The van der Waals surface area contributed by atoms with E-state index in [1.165, 1.54) is 12.1 Å². The maximum absolute atomic E-state index is 12.5. The first-order valence-corrected chi connectivity index (χ1v) is 9.16. The number of amides is 1. The molecular formula is C19H25F3N2O3. The fourth-order valence-corrected chi connectivity index (χ4v) is 3.96. The van der Waals surface area contributed by atoms with Crippen LogP contribution in [-0.2, 0) is 16.0 Å². The molecular weight excluding hydrogens is 361 g/mol. The van der Waals surface area contributed by atoms with E-state index in [0.717, 1.165) is 25.9 Å². The number of halogens is 3. The predicted molar refractivity (Wildman–Crippen MR) is 93.4 cm³/mol. The Morgan fingerprint density at radius 1 is 1.26 bits per heavy atom. The third-order valence-electron chi connectivity index (χ3n) is 5.34. The molecule has 27 heavy (non-hydrogen) atoms. The van der Waals surface area contributed by atoms with E-state index in [2.05, 4.69) is 9.64 Å². The van der Waals surface area contributed by atoms with Crippen molar-refractivity contribution in [1.29, 1.82) is 0 Å². The Balaban J connectivity index is 1.54. The maximum Gasteiger partial charge on any atom is 0.573 e. The van der Waals surface area contributed by atoms with E-state index in [0.29, 0.717) is 25.1 Å². The number of carbonyl (C=O) groups excluding carboxylic acids is 1. The predicted octanol–water partition coefficient (Wildman–Crippen LogP) is 2.84. The van der Waals surface area contributed by atoms with E-state index in [-0.39, 0.29) is 17.3 Å². The van der Waals surface area contributed by atoms with Gasteiger partial charge in [-0.2, -0.15) is 0 Å². The minimum atomic E-state index is -4.69. The zero-order valence-electron chi connectivity index (χ0n) is 15.6. The van der Waals surface area contributed by atoms with Crippen molar-refractivity contribution in [3.8, 4) is 5.75 Å². The van der Waals surface area contributed by atoms with Gasteiger partial charge >= 0.3 is 6.36 Å². The van der Waals surface area contributed by atoms with Crippen molar-refractivity contribution in [2.45, 2.75) is 44.3 Å². The van der Waals surface area contributed by atoms with Crippen molar-refractivity contribution in [3.63, 3.8) is 0 Å². The van der Waals surface area contributed by atoms with Crippen LogP contribution in [0.3, 0.4) is 0 Å². The molecule has 2 aliphatic rings. The van der Waals surface area contributed by atoms with Crippen LogP contribution < -0.4 is 4.74 Å². The Morgan fingerprint density at radius 2 is 1.93 bits per heavy atom. The molecule has 0 saturated carbocycles. The molecule has 2 fully saturated rings. The Labute approximate surface area is 157 Å². The number of rotatable bonds is 4. The number of para-hydroxylation sites is 1. The van der Waals surface area contributed by atoms with Crippen molar-refractivity contribution in [3.05, 3.63) is 29.8 Å². The second-order valence-corrected chi connectivity index (χ2v) is 7.38. The highest BCUT2D eigenvalue weighted by Gasteiger charge is 2.44. The highest BCUT2D eigenvalue weighted by atomic mass is 19.4. The smallest absolute Gasteiger partial charge is 0.406 e. The molecule has 3 rings (SSSR count). The summed E-state index contributed by atoms with van der Waals surface area (Å²) >= 11 is 0. The molecule has 2 aliphatic heterocycles. The topological polar surface area (TPSA) is 42.0 Å². The summed E-state index contributed by atoms with van der Waals surface area (Å²) in [4.78, 5) is 15.9. The lowest BCUT2D eigenvalue weighted by molar-refractivity contribution is -0.274. The van der Waals surface area contributed by atoms with E-state index < -0.39 is 12.5 Å². The number of hydrogen-bond acceptors (Lipinski definition) is 4. The summed E-state index contributed by atoms with van der Waals surface area (Å²) in [6.07, 6.45) is -3.03. The number of nitrogens with zero attached hydrogens (tertiary/aromatic N) is 2. The molecule has 5 nitrogen and oxygen atoms in total. The van der Waals surface area contributed by atoms with Crippen LogP contribution in [0, 0.1) is 0 Å². The van der Waals surface area contributed by atoms with Crippen LogP contribution in [0.25, 0.3) is 0 Å². The summed E-state index contributed by atoms with van der Waals surface area (Å²) < 4.78 is 47.7. The number of carbonyl (C=O) groups is 1. The summed E-state index contributed by atoms with van der Waals surface area (Å²) in [7, 11) is 1.80. The Kier molecular flexibility index (Phi) is 5.67. The largest absolute Gasteiger partial charge is 0.573 e. The first kappa shape index (κ1) is 19.9. The highest BCUT2D eigenvalue weighted by Crippen LogP contribution is 2.33. The SMILES string of the molecule is C[C@H]1OC2(CCN(CCc3ccccc3OC(F)(F)F)CC2)CN(C)C1=O. The standard InChI is InChI=1S/C19H25F3N2O3/c1-14-17(25)23(2)13-18(26-14)8-11-24(12-9-18)10-7-15-5-3-4-6-16(15)27-19(20,21)22/h3-6,14H,7-13H2,1-2H3/t14-/m1/s1. The number of hydrogen-bond donors (Lipinski definition) is 0. The highest BCUT2D eigenvalue weighted by molar-refractivity contribution is 5.81. The first-order chi connectivity index (χ1) is 12.7. The van der Waals surface area contributed by atoms with E-state index in [4.69, 9.17) is 4.74 Å². The Bertz CT molecular complexity index is 656. The second-order valence-electron chi connectivity index (χ2n) is 7.38. The molecule has 0 bridgehead atoms. The third kappa shape index (κ3) is 4.93.